The van der Waals surface area contributed by atoms with E-state index >= 15 is 0 Å². The Morgan fingerprint density at radius 1 is 1.11 bits per heavy atom. The van der Waals surface area contributed by atoms with Crippen LogP contribution in [0.4, 0.5) is 5.69 Å². The van der Waals surface area contributed by atoms with Gasteiger partial charge in [0.25, 0.3) is 5.91 Å². The monoisotopic (exact) mass is 245 g/mol. The number of carbonyl (C=O) groups is 2. The summed E-state index contributed by atoms with van der Waals surface area (Å²) >= 11 is 0. The molecule has 0 bridgehead atoms. The fourth-order valence-electron chi connectivity index (χ4n) is 1.95. The van der Waals surface area contributed by atoms with Gasteiger partial charge in [0.1, 0.15) is 0 Å². The van der Waals surface area contributed by atoms with E-state index in [2.05, 4.69) is 5.32 Å². The van der Waals surface area contributed by atoms with Gasteiger partial charge in [0, 0.05) is 11.3 Å². The molecule has 4 nitrogen and oxygen atoms in total. The van der Waals surface area contributed by atoms with Crippen molar-refractivity contribution < 1.29 is 14.7 Å². The van der Waals surface area contributed by atoms with Crippen molar-refractivity contribution in [2.45, 2.75) is 25.7 Å². The van der Waals surface area contributed by atoms with Gasteiger partial charge in [0.2, 0.25) is 0 Å². The molecule has 1 aromatic carbocycles. The molecule has 2 N–H and O–H groups in total. The lowest BCUT2D eigenvalue weighted by molar-refractivity contribution is -0.113. The van der Waals surface area contributed by atoms with Crippen LogP contribution in [-0.2, 0) is 4.79 Å². The lowest BCUT2D eigenvalue weighted by Crippen LogP contribution is -2.15. The maximum Gasteiger partial charge on any atom is 0.335 e. The van der Waals surface area contributed by atoms with Crippen LogP contribution in [0.2, 0.25) is 0 Å². The Morgan fingerprint density at radius 2 is 1.83 bits per heavy atom. The number of rotatable bonds is 3. The minimum atomic E-state index is -0.970. The Hall–Kier alpha value is -2.10. The number of anilines is 1. The highest BCUT2D eigenvalue weighted by Crippen LogP contribution is 2.19. The molecule has 94 valence electrons. The molecule has 0 aromatic heterocycles. The molecule has 1 aliphatic rings. The molecule has 0 atom stereocenters. The van der Waals surface area contributed by atoms with Gasteiger partial charge in [0.05, 0.1) is 5.56 Å². The molecule has 1 aromatic rings. The summed E-state index contributed by atoms with van der Waals surface area (Å²) < 4.78 is 0. The van der Waals surface area contributed by atoms with Crippen LogP contribution in [0.5, 0.6) is 0 Å². The second kappa shape index (κ2) is 5.49. The van der Waals surface area contributed by atoms with E-state index in [9.17, 15) is 9.59 Å². The average Bonchev–Trinajstić information content (AvgIpc) is 2.40. The number of carboxylic acid groups (broad SMARTS) is 1. The topological polar surface area (TPSA) is 66.4 Å². The quantitative estimate of drug-likeness (QED) is 0.860. The molecule has 0 aliphatic heterocycles. The molecule has 0 saturated heterocycles. The number of carbonyl (C=O) groups excluding carboxylic acids is 1. The van der Waals surface area contributed by atoms with Crippen molar-refractivity contribution in [1.29, 1.82) is 0 Å². The zero-order chi connectivity index (χ0) is 13.0. The summed E-state index contributed by atoms with van der Waals surface area (Å²) in [7, 11) is 0. The van der Waals surface area contributed by atoms with Crippen LogP contribution in [0.25, 0.3) is 0 Å². The molecule has 0 radical (unpaired) electrons. The van der Waals surface area contributed by atoms with Crippen LogP contribution in [0.1, 0.15) is 36.0 Å². The highest BCUT2D eigenvalue weighted by Gasteiger charge is 2.12. The molecule has 0 spiro atoms. The van der Waals surface area contributed by atoms with Crippen molar-refractivity contribution in [3.05, 3.63) is 41.5 Å². The van der Waals surface area contributed by atoms with Gasteiger partial charge in [-0.25, -0.2) is 4.79 Å². The van der Waals surface area contributed by atoms with E-state index in [1.165, 1.54) is 12.1 Å². The number of nitrogens with one attached hydrogen (secondary N) is 1. The van der Waals surface area contributed by atoms with Gasteiger partial charge in [-0.2, -0.15) is 0 Å². The first-order valence-electron chi connectivity index (χ1n) is 6.00. The summed E-state index contributed by atoms with van der Waals surface area (Å²) in [5.41, 5.74) is 1.66. The fourth-order valence-corrected chi connectivity index (χ4v) is 1.95. The van der Waals surface area contributed by atoms with Gasteiger partial charge in [-0.1, -0.05) is 6.08 Å². The highest BCUT2D eigenvalue weighted by molar-refractivity contribution is 6.04. The first-order chi connectivity index (χ1) is 8.66. The number of allylic oxidation sites excluding steroid dienone is 1. The van der Waals surface area contributed by atoms with Crippen molar-refractivity contribution in [2.24, 2.45) is 0 Å². The van der Waals surface area contributed by atoms with Crippen LogP contribution in [-0.4, -0.2) is 17.0 Å². The summed E-state index contributed by atoms with van der Waals surface area (Å²) in [6.45, 7) is 0. The number of amides is 1. The van der Waals surface area contributed by atoms with E-state index in [0.29, 0.717) is 5.69 Å². The predicted molar refractivity (Wildman–Crippen MR) is 68.6 cm³/mol. The number of carboxylic acids is 1. The SMILES string of the molecule is O=C(Nc1ccc(C(=O)O)cc1)C1=CCCCC1. The lowest BCUT2D eigenvalue weighted by atomic mass is 9.99. The Kier molecular flexibility index (Phi) is 3.77. The van der Waals surface area contributed by atoms with Crippen molar-refractivity contribution in [3.63, 3.8) is 0 Å². The highest BCUT2D eigenvalue weighted by atomic mass is 16.4. The van der Waals surface area contributed by atoms with Crippen LogP contribution >= 0.6 is 0 Å². The predicted octanol–water partition coefficient (Wildman–Crippen LogP) is 2.82. The third kappa shape index (κ3) is 2.97. The van der Waals surface area contributed by atoms with Gasteiger partial charge in [-0.15, -0.1) is 0 Å². The summed E-state index contributed by atoms with van der Waals surface area (Å²) in [6.07, 6.45) is 5.95. The van der Waals surface area contributed by atoms with Crippen molar-refractivity contribution in [1.82, 2.24) is 0 Å². The van der Waals surface area contributed by atoms with Crippen LogP contribution < -0.4 is 5.32 Å². The summed E-state index contributed by atoms with van der Waals surface area (Å²) in [6, 6.07) is 6.16. The van der Waals surface area contributed by atoms with Gasteiger partial charge in [-0.3, -0.25) is 4.79 Å². The average molecular weight is 245 g/mol. The molecule has 0 unspecified atom stereocenters. The van der Waals surface area contributed by atoms with Gasteiger partial charge < -0.3 is 10.4 Å². The molecule has 1 aliphatic carbocycles. The second-order valence-corrected chi connectivity index (χ2v) is 4.31. The number of hydrogen-bond donors (Lipinski definition) is 2. The first-order valence-corrected chi connectivity index (χ1v) is 6.00. The van der Waals surface area contributed by atoms with Crippen molar-refractivity contribution in [2.75, 3.05) is 5.32 Å². The molecule has 0 saturated carbocycles. The zero-order valence-corrected chi connectivity index (χ0v) is 9.98. The first kappa shape index (κ1) is 12.4. The molecule has 2 rings (SSSR count). The minimum absolute atomic E-state index is 0.0854. The Balaban J connectivity index is 2.02. The maximum absolute atomic E-state index is 11.9. The Bertz CT molecular complexity index is 488. The van der Waals surface area contributed by atoms with Crippen LogP contribution in [0, 0.1) is 0 Å². The molecule has 4 heteroatoms. The largest absolute Gasteiger partial charge is 0.478 e. The smallest absolute Gasteiger partial charge is 0.335 e. The number of hydrogen-bond acceptors (Lipinski definition) is 2. The van der Waals surface area contributed by atoms with E-state index in [1.807, 2.05) is 6.08 Å². The molecular weight excluding hydrogens is 230 g/mol. The van der Waals surface area contributed by atoms with E-state index < -0.39 is 5.97 Å². The maximum atomic E-state index is 11.9. The summed E-state index contributed by atoms with van der Waals surface area (Å²) in [5.74, 6) is -1.05. The van der Waals surface area contributed by atoms with E-state index in [1.54, 1.807) is 12.1 Å². The van der Waals surface area contributed by atoms with E-state index in [4.69, 9.17) is 5.11 Å². The summed E-state index contributed by atoms with van der Waals surface area (Å²) in [4.78, 5) is 22.6. The Morgan fingerprint density at radius 3 is 2.39 bits per heavy atom. The van der Waals surface area contributed by atoms with Gasteiger partial charge in [0.15, 0.2) is 0 Å². The van der Waals surface area contributed by atoms with E-state index in [0.717, 1.165) is 31.3 Å². The number of aromatic carboxylic acids is 1. The molecule has 1 amide bonds. The number of benzene rings is 1. The lowest BCUT2D eigenvalue weighted by Gasteiger charge is -2.12. The van der Waals surface area contributed by atoms with E-state index in [-0.39, 0.29) is 11.5 Å². The molecule has 0 heterocycles. The molecule has 0 fully saturated rings. The minimum Gasteiger partial charge on any atom is -0.478 e. The third-order valence-electron chi connectivity index (χ3n) is 2.97. The second-order valence-electron chi connectivity index (χ2n) is 4.31. The van der Waals surface area contributed by atoms with Gasteiger partial charge >= 0.3 is 5.97 Å². The van der Waals surface area contributed by atoms with Crippen LogP contribution in [0.15, 0.2) is 35.9 Å². The summed E-state index contributed by atoms with van der Waals surface area (Å²) in [5, 5.41) is 11.5. The molecule has 18 heavy (non-hydrogen) atoms. The van der Waals surface area contributed by atoms with Gasteiger partial charge in [-0.05, 0) is 49.9 Å². The third-order valence-corrected chi connectivity index (χ3v) is 2.97. The fraction of sp³-hybridized carbons (Fsp3) is 0.286. The zero-order valence-electron chi connectivity index (χ0n) is 9.98. The van der Waals surface area contributed by atoms with Crippen molar-refractivity contribution >= 4 is 17.6 Å². The van der Waals surface area contributed by atoms with Crippen molar-refractivity contribution in [3.8, 4) is 0 Å². The normalized spacial score (nSPS) is 14.8. The standard InChI is InChI=1S/C14H15NO3/c16-13(10-4-2-1-3-5-10)15-12-8-6-11(7-9-12)14(17)18/h4,6-9H,1-3,5H2,(H,15,16)(H,17,18). The van der Waals surface area contributed by atoms with Crippen LogP contribution in [0.3, 0.4) is 0 Å². The Labute approximate surface area is 105 Å². The molecular formula is C14H15NO3.